The monoisotopic (exact) mass is 537 g/mol. The van der Waals surface area contributed by atoms with E-state index in [4.69, 9.17) is 0 Å². The van der Waals surface area contributed by atoms with Crippen LogP contribution in [0.3, 0.4) is 0 Å². The van der Waals surface area contributed by atoms with E-state index in [0.29, 0.717) is 30.2 Å². The molecule has 0 aliphatic rings. The Bertz CT molecular complexity index is 1320. The summed E-state index contributed by atoms with van der Waals surface area (Å²) in [6, 6.07) is 10.7. The van der Waals surface area contributed by atoms with E-state index in [2.05, 4.69) is 20.3 Å². The second kappa shape index (κ2) is 11.9. The smallest absolute Gasteiger partial charge is 0.416 e. The molecule has 0 saturated heterocycles. The molecule has 0 spiro atoms. The summed E-state index contributed by atoms with van der Waals surface area (Å²) in [7, 11) is 1.44. The normalized spacial score (nSPS) is 11.6. The molecule has 0 radical (unpaired) electrons. The van der Waals surface area contributed by atoms with Gasteiger partial charge in [0.2, 0.25) is 0 Å². The topological polar surface area (TPSA) is 92.9 Å². The van der Waals surface area contributed by atoms with Crippen molar-refractivity contribution in [2.24, 2.45) is 0 Å². The summed E-state index contributed by atoms with van der Waals surface area (Å²) >= 11 is 0. The summed E-state index contributed by atoms with van der Waals surface area (Å²) < 4.78 is 76.2. The van der Waals surface area contributed by atoms with Crippen molar-refractivity contribution in [3.8, 4) is 11.3 Å². The largest absolute Gasteiger partial charge is 0.478 e. The third-order valence-corrected chi connectivity index (χ3v) is 5.03. The van der Waals surface area contributed by atoms with Crippen molar-refractivity contribution in [3.05, 3.63) is 102 Å². The molecule has 0 fully saturated rings. The molecule has 38 heavy (non-hydrogen) atoms. The van der Waals surface area contributed by atoms with Crippen molar-refractivity contribution in [2.75, 3.05) is 7.05 Å². The molecule has 7 nitrogen and oxygen atoms in total. The molecule has 0 bridgehead atoms. The number of nitrogens with one attached hydrogen (secondary N) is 1. The summed E-state index contributed by atoms with van der Waals surface area (Å²) in [5, 5.41) is 11.8. The lowest BCUT2D eigenvalue weighted by atomic mass is 10.0. The first-order valence-corrected chi connectivity index (χ1v) is 10.9. The second-order valence-electron chi connectivity index (χ2n) is 7.90. The number of rotatable bonds is 6. The third kappa shape index (κ3) is 7.62. The average Bonchev–Trinajstić information content (AvgIpc) is 3.37. The highest BCUT2D eigenvalue weighted by Gasteiger charge is 2.36. The van der Waals surface area contributed by atoms with Gasteiger partial charge in [-0.05, 0) is 30.8 Å². The maximum atomic E-state index is 12.4. The van der Waals surface area contributed by atoms with Crippen molar-refractivity contribution in [3.63, 3.8) is 0 Å². The van der Waals surface area contributed by atoms with Crippen LogP contribution in [-0.4, -0.2) is 37.6 Å². The predicted octanol–water partition coefficient (Wildman–Crippen LogP) is 5.53. The van der Waals surface area contributed by atoms with E-state index in [-0.39, 0.29) is 23.7 Å². The molecular formula is C25H21F6N5O2. The fourth-order valence-electron chi connectivity index (χ4n) is 3.34. The zero-order valence-electron chi connectivity index (χ0n) is 19.8. The molecule has 0 saturated carbocycles. The Morgan fingerprint density at radius 3 is 2.13 bits per heavy atom. The number of carbonyl (C=O) groups is 1. The highest BCUT2D eigenvalue weighted by atomic mass is 19.4. The summed E-state index contributed by atoms with van der Waals surface area (Å²) in [4.78, 5) is 23.8. The molecule has 4 aromatic rings. The predicted molar refractivity (Wildman–Crippen MR) is 125 cm³/mol. The Morgan fingerprint density at radius 2 is 1.63 bits per heavy atom. The number of aromatic carboxylic acids is 1. The fourth-order valence-corrected chi connectivity index (χ4v) is 3.34. The van der Waals surface area contributed by atoms with Gasteiger partial charge in [-0.15, -0.1) is 0 Å². The molecule has 2 aromatic carbocycles. The number of hydrogen-bond acceptors (Lipinski definition) is 5. The lowest BCUT2D eigenvalue weighted by molar-refractivity contribution is -0.143. The molecule has 2 N–H and O–H groups in total. The third-order valence-electron chi connectivity index (χ3n) is 5.03. The van der Waals surface area contributed by atoms with Gasteiger partial charge in [0, 0.05) is 30.7 Å². The first kappa shape index (κ1) is 28.3. The van der Waals surface area contributed by atoms with E-state index in [1.54, 1.807) is 18.7 Å². The number of carboxylic acids is 1. The zero-order valence-corrected chi connectivity index (χ0v) is 19.8. The van der Waals surface area contributed by atoms with Crippen LogP contribution in [0, 0.1) is 0 Å². The number of imidazole rings is 1. The van der Waals surface area contributed by atoms with Crippen LogP contribution in [0.5, 0.6) is 0 Å². The van der Waals surface area contributed by atoms with Crippen molar-refractivity contribution in [1.29, 1.82) is 0 Å². The van der Waals surface area contributed by atoms with Gasteiger partial charge in [0.1, 0.15) is 11.4 Å². The number of alkyl halides is 6. The highest BCUT2D eigenvalue weighted by molar-refractivity contribution is 5.94. The molecule has 0 aliphatic heterocycles. The van der Waals surface area contributed by atoms with Crippen LogP contribution in [0.1, 0.15) is 32.9 Å². The molecule has 2 aromatic heterocycles. The minimum atomic E-state index is -4.79. The first-order valence-electron chi connectivity index (χ1n) is 10.9. The molecule has 13 heteroatoms. The summed E-state index contributed by atoms with van der Waals surface area (Å²) in [5.41, 5.74) is -1.38. The number of nitrogens with zero attached hydrogens (tertiary/aromatic N) is 4. The van der Waals surface area contributed by atoms with Gasteiger partial charge < -0.3 is 15.0 Å². The standard InChI is InChI=1S/C15H12N4O2.C10H9F6N/c20-15(21)12-8-17-13(9-19-7-6-16-10-19)18-14(12)11-4-2-1-3-5-11;1-17-5-6-2-7(9(11,12)13)4-8(3-6)10(14,15)16/h1-8,10H,9H2,(H,20,21);2-4,17H,5H2,1H3. The Labute approximate surface area is 212 Å². The van der Waals surface area contributed by atoms with Crippen molar-refractivity contribution in [2.45, 2.75) is 25.4 Å². The fraction of sp³-hybridized carbons (Fsp3) is 0.200. The number of benzene rings is 2. The number of hydrogen-bond donors (Lipinski definition) is 2. The minimum absolute atomic E-state index is 0.0605. The van der Waals surface area contributed by atoms with Crippen LogP contribution in [0.2, 0.25) is 0 Å². The summed E-state index contributed by atoms with van der Waals surface area (Å²) in [6.07, 6.45) is -3.09. The van der Waals surface area contributed by atoms with Gasteiger partial charge in [-0.2, -0.15) is 26.3 Å². The van der Waals surface area contributed by atoms with Crippen LogP contribution < -0.4 is 5.32 Å². The molecular weight excluding hydrogens is 516 g/mol. The van der Waals surface area contributed by atoms with E-state index < -0.39 is 29.4 Å². The van der Waals surface area contributed by atoms with E-state index in [9.17, 15) is 36.2 Å². The molecule has 2 heterocycles. The lowest BCUT2D eigenvalue weighted by Crippen LogP contribution is -2.14. The van der Waals surface area contributed by atoms with E-state index in [1.807, 2.05) is 34.9 Å². The van der Waals surface area contributed by atoms with Gasteiger partial charge in [0.25, 0.3) is 0 Å². The minimum Gasteiger partial charge on any atom is -0.478 e. The van der Waals surface area contributed by atoms with E-state index in [0.717, 1.165) is 5.56 Å². The van der Waals surface area contributed by atoms with Crippen molar-refractivity contribution in [1.82, 2.24) is 24.8 Å². The van der Waals surface area contributed by atoms with Gasteiger partial charge in [0.05, 0.1) is 29.7 Å². The maximum absolute atomic E-state index is 12.4. The maximum Gasteiger partial charge on any atom is 0.416 e. The average molecular weight is 537 g/mol. The number of aromatic nitrogens is 4. The van der Waals surface area contributed by atoms with Gasteiger partial charge >= 0.3 is 18.3 Å². The Balaban J connectivity index is 0.000000216. The molecule has 4 rings (SSSR count). The van der Waals surface area contributed by atoms with Crippen molar-refractivity contribution >= 4 is 5.97 Å². The summed E-state index contributed by atoms with van der Waals surface area (Å²) in [5.74, 6) is -0.500. The second-order valence-corrected chi connectivity index (χ2v) is 7.90. The van der Waals surface area contributed by atoms with Crippen LogP contribution in [0.4, 0.5) is 26.3 Å². The van der Waals surface area contributed by atoms with Gasteiger partial charge in [-0.3, -0.25) is 0 Å². The van der Waals surface area contributed by atoms with Gasteiger partial charge in [0.15, 0.2) is 0 Å². The highest BCUT2D eigenvalue weighted by Crippen LogP contribution is 2.36. The van der Waals surface area contributed by atoms with Gasteiger partial charge in [-0.1, -0.05) is 30.3 Å². The Morgan fingerprint density at radius 1 is 1.00 bits per heavy atom. The van der Waals surface area contributed by atoms with E-state index in [1.165, 1.54) is 13.2 Å². The van der Waals surface area contributed by atoms with Crippen molar-refractivity contribution < 1.29 is 36.2 Å². The molecule has 0 amide bonds. The molecule has 0 unspecified atom stereocenters. The van der Waals surface area contributed by atoms with Crippen LogP contribution in [-0.2, 0) is 25.4 Å². The SMILES string of the molecule is CNCc1cc(C(F)(F)F)cc(C(F)(F)F)c1.O=C(O)c1cnc(Cn2ccnc2)nc1-c1ccccc1. The van der Waals surface area contributed by atoms with Gasteiger partial charge in [-0.25, -0.2) is 19.7 Å². The zero-order chi connectivity index (χ0) is 27.9. The Hall–Kier alpha value is -4.26. The Kier molecular flexibility index (Phi) is 8.84. The molecule has 200 valence electrons. The van der Waals surface area contributed by atoms with Crippen LogP contribution in [0.25, 0.3) is 11.3 Å². The lowest BCUT2D eigenvalue weighted by Gasteiger charge is -2.13. The van der Waals surface area contributed by atoms with Crippen LogP contribution in [0.15, 0.2) is 73.4 Å². The molecule has 0 atom stereocenters. The number of halogens is 6. The van der Waals surface area contributed by atoms with E-state index >= 15 is 0 Å². The van der Waals surface area contributed by atoms with Crippen LogP contribution >= 0.6 is 0 Å². The quantitative estimate of drug-likeness (QED) is 0.314. The molecule has 0 aliphatic carbocycles. The first-order chi connectivity index (χ1) is 17.9. The summed E-state index contributed by atoms with van der Waals surface area (Å²) in [6.45, 7) is 0.382. The number of carboxylic acid groups (broad SMARTS) is 1.